The van der Waals surface area contributed by atoms with E-state index in [1.54, 1.807) is 18.9 Å². The summed E-state index contributed by atoms with van der Waals surface area (Å²) in [6.45, 7) is 2.13. The molecule has 1 N–H and O–H groups in total. The number of aromatic amines is 1. The quantitative estimate of drug-likeness (QED) is 0.692. The average molecular weight is 331 g/mol. The van der Waals surface area contributed by atoms with Gasteiger partial charge in [0.1, 0.15) is 5.75 Å². The molecule has 3 rings (SSSR count). The fourth-order valence-electron chi connectivity index (χ4n) is 2.05. The van der Waals surface area contributed by atoms with Crippen LogP contribution in [0, 0.1) is 6.92 Å². The Morgan fingerprint density at radius 2 is 2.00 bits per heavy atom. The lowest BCUT2D eigenvalue weighted by Crippen LogP contribution is -1.91. The maximum Gasteiger partial charge on any atom is 0.184 e. The molecule has 1 aromatic carbocycles. The topological polar surface area (TPSA) is 50.8 Å². The Morgan fingerprint density at radius 3 is 2.68 bits per heavy atom. The van der Waals surface area contributed by atoms with Gasteiger partial charge in [-0.05, 0) is 36.8 Å². The second-order valence-electron chi connectivity index (χ2n) is 4.88. The molecule has 0 bridgehead atoms. The zero-order chi connectivity index (χ0) is 15.4. The van der Waals surface area contributed by atoms with Crippen LogP contribution in [0.5, 0.6) is 5.75 Å². The van der Waals surface area contributed by atoms with Gasteiger partial charge in [-0.25, -0.2) is 4.98 Å². The SMILES string of the molecule is COc1ccc(Cc2n[nH]c(SCc3ccc(C)s3)n2)cc1. The van der Waals surface area contributed by atoms with Crippen molar-refractivity contribution in [1.82, 2.24) is 15.2 Å². The number of thioether (sulfide) groups is 1. The van der Waals surface area contributed by atoms with Crippen molar-refractivity contribution in [2.24, 2.45) is 0 Å². The molecular weight excluding hydrogens is 314 g/mol. The van der Waals surface area contributed by atoms with E-state index in [2.05, 4.69) is 34.2 Å². The van der Waals surface area contributed by atoms with E-state index >= 15 is 0 Å². The smallest absolute Gasteiger partial charge is 0.184 e. The predicted octanol–water partition coefficient (Wildman–Crippen LogP) is 4.07. The normalized spacial score (nSPS) is 10.8. The van der Waals surface area contributed by atoms with E-state index in [1.165, 1.54) is 15.3 Å². The fourth-order valence-corrected chi connectivity index (χ4v) is 3.80. The van der Waals surface area contributed by atoms with Gasteiger partial charge in [0.05, 0.1) is 7.11 Å². The van der Waals surface area contributed by atoms with Crippen LogP contribution in [0.4, 0.5) is 0 Å². The van der Waals surface area contributed by atoms with Crippen LogP contribution >= 0.6 is 23.1 Å². The summed E-state index contributed by atoms with van der Waals surface area (Å²) in [4.78, 5) is 7.24. The number of thiophene rings is 1. The summed E-state index contributed by atoms with van der Waals surface area (Å²) in [6, 6.07) is 12.3. The molecule has 0 atom stereocenters. The molecule has 2 heterocycles. The number of H-pyrrole nitrogens is 1. The van der Waals surface area contributed by atoms with E-state index in [0.29, 0.717) is 0 Å². The number of nitrogens with one attached hydrogen (secondary N) is 1. The van der Waals surface area contributed by atoms with Crippen LogP contribution in [0.1, 0.15) is 21.1 Å². The largest absolute Gasteiger partial charge is 0.497 e. The first-order valence-corrected chi connectivity index (χ1v) is 8.75. The van der Waals surface area contributed by atoms with Crippen molar-refractivity contribution in [2.75, 3.05) is 7.11 Å². The first kappa shape index (κ1) is 15.1. The van der Waals surface area contributed by atoms with Gasteiger partial charge in [-0.15, -0.1) is 11.3 Å². The number of aromatic nitrogens is 3. The molecular formula is C16H17N3OS2. The predicted molar refractivity (Wildman–Crippen MR) is 90.8 cm³/mol. The highest BCUT2D eigenvalue weighted by atomic mass is 32.2. The zero-order valence-electron chi connectivity index (χ0n) is 12.5. The van der Waals surface area contributed by atoms with Crippen molar-refractivity contribution in [3.8, 4) is 5.75 Å². The van der Waals surface area contributed by atoms with Crippen LogP contribution in [-0.4, -0.2) is 22.3 Å². The Hall–Kier alpha value is -1.79. The summed E-state index contributed by atoms with van der Waals surface area (Å²) in [7, 11) is 1.67. The van der Waals surface area contributed by atoms with Gasteiger partial charge in [0.25, 0.3) is 0 Å². The van der Waals surface area contributed by atoms with Crippen LogP contribution in [0.3, 0.4) is 0 Å². The third kappa shape index (κ3) is 3.90. The average Bonchev–Trinajstić information content (AvgIpc) is 3.15. The second-order valence-corrected chi connectivity index (χ2v) is 7.22. The van der Waals surface area contributed by atoms with Crippen LogP contribution in [-0.2, 0) is 12.2 Å². The number of methoxy groups -OCH3 is 1. The number of rotatable bonds is 6. The van der Waals surface area contributed by atoms with Crippen molar-refractivity contribution in [1.29, 1.82) is 0 Å². The van der Waals surface area contributed by atoms with Crippen LogP contribution in [0.2, 0.25) is 0 Å². The summed E-state index contributed by atoms with van der Waals surface area (Å²) in [5, 5.41) is 8.16. The van der Waals surface area contributed by atoms with Crippen molar-refractivity contribution in [3.63, 3.8) is 0 Å². The third-order valence-electron chi connectivity index (χ3n) is 3.18. The number of hydrogen-bond acceptors (Lipinski definition) is 5. The van der Waals surface area contributed by atoms with Crippen molar-refractivity contribution < 1.29 is 4.74 Å². The fraction of sp³-hybridized carbons (Fsp3) is 0.250. The first-order chi connectivity index (χ1) is 10.7. The number of nitrogens with zero attached hydrogens (tertiary/aromatic N) is 2. The Bertz CT molecular complexity index is 734. The van der Waals surface area contributed by atoms with Gasteiger partial charge in [-0.2, -0.15) is 5.10 Å². The maximum atomic E-state index is 5.16. The minimum absolute atomic E-state index is 0.721. The lowest BCUT2D eigenvalue weighted by Gasteiger charge is -2.00. The molecule has 0 aliphatic carbocycles. The number of aryl methyl sites for hydroxylation is 1. The van der Waals surface area contributed by atoms with E-state index in [1.807, 2.05) is 35.6 Å². The summed E-state index contributed by atoms with van der Waals surface area (Å²) >= 11 is 3.51. The standard InChI is InChI=1S/C16H17N3OS2/c1-11-3-8-14(22-11)10-21-16-17-15(18-19-16)9-12-4-6-13(20-2)7-5-12/h3-8H,9-10H2,1-2H3,(H,17,18,19). The van der Waals surface area contributed by atoms with Gasteiger partial charge in [0.2, 0.25) is 0 Å². The highest BCUT2D eigenvalue weighted by Gasteiger charge is 2.06. The third-order valence-corrected chi connectivity index (χ3v) is 5.27. The van der Waals surface area contributed by atoms with Gasteiger partial charge >= 0.3 is 0 Å². The molecule has 0 fully saturated rings. The van der Waals surface area contributed by atoms with E-state index in [9.17, 15) is 0 Å². The molecule has 2 aromatic heterocycles. The van der Waals surface area contributed by atoms with Crippen molar-refractivity contribution >= 4 is 23.1 Å². The number of benzene rings is 1. The molecule has 0 aliphatic heterocycles. The molecule has 6 heteroatoms. The lowest BCUT2D eigenvalue weighted by molar-refractivity contribution is 0.414. The number of hydrogen-bond donors (Lipinski definition) is 1. The van der Waals surface area contributed by atoms with Gasteiger partial charge in [0, 0.05) is 21.9 Å². The Kier molecular flexibility index (Phi) is 4.80. The molecule has 0 radical (unpaired) electrons. The van der Waals surface area contributed by atoms with E-state index in [4.69, 9.17) is 4.74 Å². The van der Waals surface area contributed by atoms with Crippen molar-refractivity contribution in [3.05, 3.63) is 57.5 Å². The maximum absolute atomic E-state index is 5.16. The Morgan fingerprint density at radius 1 is 1.18 bits per heavy atom. The second kappa shape index (κ2) is 6.98. The highest BCUT2D eigenvalue weighted by Crippen LogP contribution is 2.24. The van der Waals surface area contributed by atoms with E-state index in [0.717, 1.165) is 28.9 Å². The lowest BCUT2D eigenvalue weighted by atomic mass is 10.1. The van der Waals surface area contributed by atoms with Gasteiger partial charge in [0.15, 0.2) is 11.0 Å². The van der Waals surface area contributed by atoms with Crippen LogP contribution < -0.4 is 4.74 Å². The molecule has 22 heavy (non-hydrogen) atoms. The minimum atomic E-state index is 0.721. The van der Waals surface area contributed by atoms with Gasteiger partial charge in [-0.1, -0.05) is 23.9 Å². The monoisotopic (exact) mass is 331 g/mol. The molecule has 0 amide bonds. The summed E-state index contributed by atoms with van der Waals surface area (Å²) < 4.78 is 5.16. The zero-order valence-corrected chi connectivity index (χ0v) is 14.1. The molecule has 0 spiro atoms. The van der Waals surface area contributed by atoms with Gasteiger partial charge in [-0.3, -0.25) is 5.10 Å². The highest BCUT2D eigenvalue weighted by molar-refractivity contribution is 7.98. The molecule has 114 valence electrons. The summed E-state index contributed by atoms with van der Waals surface area (Å²) in [5.41, 5.74) is 1.17. The molecule has 0 unspecified atom stereocenters. The van der Waals surface area contributed by atoms with Gasteiger partial charge < -0.3 is 4.74 Å². The molecule has 0 aliphatic rings. The molecule has 4 nitrogen and oxygen atoms in total. The van der Waals surface area contributed by atoms with Crippen LogP contribution in [0.25, 0.3) is 0 Å². The Balaban J connectivity index is 1.58. The first-order valence-electron chi connectivity index (χ1n) is 6.95. The van der Waals surface area contributed by atoms with E-state index in [-0.39, 0.29) is 0 Å². The van der Waals surface area contributed by atoms with Crippen molar-refractivity contribution in [2.45, 2.75) is 24.3 Å². The van der Waals surface area contributed by atoms with Crippen LogP contribution in [0.15, 0.2) is 41.6 Å². The molecule has 0 saturated heterocycles. The summed E-state index contributed by atoms with van der Waals surface area (Å²) in [5.74, 6) is 2.60. The molecule has 0 saturated carbocycles. The summed E-state index contributed by atoms with van der Waals surface area (Å²) in [6.07, 6.45) is 0.721. The minimum Gasteiger partial charge on any atom is -0.497 e. The van der Waals surface area contributed by atoms with E-state index < -0.39 is 0 Å². The molecule has 3 aromatic rings. The Labute approximate surface area is 137 Å². The number of ether oxygens (including phenoxy) is 1.